The standard InChI is InChI=1S/C10H11N5O/c1-15-6-4-8(14-15)13-10(16)9-7(11)3-2-5-12-9/h2-6H,11H2,1H3,(H,13,14,16). The molecule has 0 atom stereocenters. The van der Waals surface area contributed by atoms with Crippen molar-refractivity contribution < 1.29 is 4.79 Å². The number of carbonyl (C=O) groups is 1. The summed E-state index contributed by atoms with van der Waals surface area (Å²) in [6.45, 7) is 0. The Hall–Kier alpha value is -2.37. The number of nitrogen functional groups attached to an aromatic ring is 1. The van der Waals surface area contributed by atoms with Crippen molar-refractivity contribution in [3.05, 3.63) is 36.3 Å². The molecule has 0 aromatic carbocycles. The van der Waals surface area contributed by atoms with Crippen molar-refractivity contribution in [1.29, 1.82) is 0 Å². The minimum absolute atomic E-state index is 0.202. The van der Waals surface area contributed by atoms with Crippen LogP contribution in [0.1, 0.15) is 10.5 Å². The molecule has 0 saturated carbocycles. The lowest BCUT2D eigenvalue weighted by Crippen LogP contribution is -2.16. The molecule has 6 nitrogen and oxygen atoms in total. The van der Waals surface area contributed by atoms with E-state index in [1.165, 1.54) is 6.20 Å². The molecule has 2 rings (SSSR count). The first kappa shape index (κ1) is 10.2. The molecule has 16 heavy (non-hydrogen) atoms. The monoisotopic (exact) mass is 217 g/mol. The Morgan fingerprint density at radius 3 is 2.94 bits per heavy atom. The number of aryl methyl sites for hydroxylation is 1. The third kappa shape index (κ3) is 2.00. The van der Waals surface area contributed by atoms with Crippen LogP contribution in [0.4, 0.5) is 11.5 Å². The van der Waals surface area contributed by atoms with Crippen LogP contribution < -0.4 is 11.1 Å². The third-order valence-corrected chi connectivity index (χ3v) is 2.01. The molecule has 82 valence electrons. The van der Waals surface area contributed by atoms with Crippen molar-refractivity contribution in [2.24, 2.45) is 7.05 Å². The maximum absolute atomic E-state index is 11.7. The van der Waals surface area contributed by atoms with Gasteiger partial charge in [0.25, 0.3) is 5.91 Å². The third-order valence-electron chi connectivity index (χ3n) is 2.01. The van der Waals surface area contributed by atoms with E-state index < -0.39 is 0 Å². The fourth-order valence-corrected chi connectivity index (χ4v) is 1.26. The van der Waals surface area contributed by atoms with Crippen LogP contribution in [0.5, 0.6) is 0 Å². The number of nitrogens with zero attached hydrogens (tertiary/aromatic N) is 3. The lowest BCUT2D eigenvalue weighted by molar-refractivity contribution is 0.102. The second-order valence-corrected chi connectivity index (χ2v) is 3.27. The fourth-order valence-electron chi connectivity index (χ4n) is 1.26. The Balaban J connectivity index is 2.18. The van der Waals surface area contributed by atoms with E-state index in [0.717, 1.165) is 0 Å². The molecule has 0 aliphatic rings. The number of rotatable bonds is 2. The summed E-state index contributed by atoms with van der Waals surface area (Å²) in [6, 6.07) is 4.99. The zero-order valence-electron chi connectivity index (χ0n) is 8.71. The fraction of sp³-hybridized carbons (Fsp3) is 0.100. The summed E-state index contributed by atoms with van der Waals surface area (Å²) in [6.07, 6.45) is 3.25. The van der Waals surface area contributed by atoms with Gasteiger partial charge in [-0.3, -0.25) is 9.48 Å². The van der Waals surface area contributed by atoms with Gasteiger partial charge in [-0.05, 0) is 12.1 Å². The number of carbonyl (C=O) groups excluding carboxylic acids is 1. The van der Waals surface area contributed by atoms with Gasteiger partial charge < -0.3 is 11.1 Å². The highest BCUT2D eigenvalue weighted by Gasteiger charge is 2.11. The van der Waals surface area contributed by atoms with Crippen LogP contribution >= 0.6 is 0 Å². The number of hydrogen-bond acceptors (Lipinski definition) is 4. The molecule has 0 bridgehead atoms. The first-order valence-corrected chi connectivity index (χ1v) is 4.68. The van der Waals surface area contributed by atoms with Crippen LogP contribution in [0.25, 0.3) is 0 Å². The highest BCUT2D eigenvalue weighted by atomic mass is 16.2. The molecule has 6 heteroatoms. The smallest absolute Gasteiger partial charge is 0.277 e. The Morgan fingerprint density at radius 2 is 2.31 bits per heavy atom. The summed E-state index contributed by atoms with van der Waals surface area (Å²) in [7, 11) is 1.77. The average Bonchev–Trinajstić information content (AvgIpc) is 2.64. The number of anilines is 2. The number of pyridine rings is 1. The van der Waals surface area contributed by atoms with E-state index in [9.17, 15) is 4.79 Å². The molecule has 1 amide bonds. The number of hydrogen-bond donors (Lipinski definition) is 2. The average molecular weight is 217 g/mol. The van der Waals surface area contributed by atoms with Gasteiger partial charge in [-0.1, -0.05) is 0 Å². The van der Waals surface area contributed by atoms with E-state index in [4.69, 9.17) is 5.73 Å². The molecule has 3 N–H and O–H groups in total. The van der Waals surface area contributed by atoms with E-state index in [1.54, 1.807) is 36.1 Å². The van der Waals surface area contributed by atoms with Gasteiger partial charge >= 0.3 is 0 Å². The van der Waals surface area contributed by atoms with Crippen molar-refractivity contribution >= 4 is 17.4 Å². The molecule has 0 unspecified atom stereocenters. The number of nitrogens with two attached hydrogens (primary N) is 1. The van der Waals surface area contributed by atoms with Crippen molar-refractivity contribution in [1.82, 2.24) is 14.8 Å². The predicted octanol–water partition coefficient (Wildman–Crippen LogP) is 0.650. The molecule has 0 aliphatic heterocycles. The predicted molar refractivity (Wildman–Crippen MR) is 59.8 cm³/mol. The molecular weight excluding hydrogens is 206 g/mol. The van der Waals surface area contributed by atoms with Gasteiger partial charge in [-0.2, -0.15) is 5.10 Å². The summed E-state index contributed by atoms with van der Waals surface area (Å²) >= 11 is 0. The maximum atomic E-state index is 11.7. The number of amides is 1. The van der Waals surface area contributed by atoms with Gasteiger partial charge in [-0.15, -0.1) is 0 Å². The first-order valence-electron chi connectivity index (χ1n) is 4.68. The highest BCUT2D eigenvalue weighted by Crippen LogP contribution is 2.09. The van der Waals surface area contributed by atoms with Crippen LogP contribution in [-0.2, 0) is 7.05 Å². The van der Waals surface area contributed by atoms with E-state index in [0.29, 0.717) is 11.5 Å². The van der Waals surface area contributed by atoms with Gasteiger partial charge in [0.15, 0.2) is 11.5 Å². The quantitative estimate of drug-likeness (QED) is 0.773. The molecule has 0 spiro atoms. The summed E-state index contributed by atoms with van der Waals surface area (Å²) in [4.78, 5) is 15.7. The molecule has 0 radical (unpaired) electrons. The Labute approximate surface area is 92.1 Å². The normalized spacial score (nSPS) is 10.1. The Kier molecular flexibility index (Phi) is 2.55. The number of aromatic nitrogens is 3. The van der Waals surface area contributed by atoms with Gasteiger partial charge in [0.05, 0.1) is 5.69 Å². The molecule has 2 aromatic heterocycles. The van der Waals surface area contributed by atoms with Gasteiger partial charge in [0.2, 0.25) is 0 Å². The molecule has 2 heterocycles. The van der Waals surface area contributed by atoms with Gasteiger partial charge in [0, 0.05) is 25.5 Å². The van der Waals surface area contributed by atoms with E-state index in [-0.39, 0.29) is 11.6 Å². The lowest BCUT2D eigenvalue weighted by Gasteiger charge is -2.03. The minimum atomic E-state index is -0.364. The maximum Gasteiger partial charge on any atom is 0.277 e. The van der Waals surface area contributed by atoms with Crippen LogP contribution in [0.2, 0.25) is 0 Å². The lowest BCUT2D eigenvalue weighted by atomic mass is 10.3. The zero-order chi connectivity index (χ0) is 11.5. The van der Waals surface area contributed by atoms with Crippen LogP contribution in [0.3, 0.4) is 0 Å². The molecule has 0 fully saturated rings. The van der Waals surface area contributed by atoms with Crippen LogP contribution in [0, 0.1) is 0 Å². The van der Waals surface area contributed by atoms with Crippen molar-refractivity contribution in [2.45, 2.75) is 0 Å². The summed E-state index contributed by atoms with van der Waals surface area (Å²) in [5, 5.41) is 6.63. The van der Waals surface area contributed by atoms with Gasteiger partial charge in [-0.25, -0.2) is 4.98 Å². The largest absolute Gasteiger partial charge is 0.397 e. The van der Waals surface area contributed by atoms with Crippen LogP contribution in [-0.4, -0.2) is 20.7 Å². The molecular formula is C10H11N5O. The second-order valence-electron chi connectivity index (χ2n) is 3.27. The summed E-state index contributed by atoms with van der Waals surface area (Å²) in [5.74, 6) is 0.106. The Bertz CT molecular complexity index is 519. The topological polar surface area (TPSA) is 85.8 Å². The summed E-state index contributed by atoms with van der Waals surface area (Å²) in [5.41, 5.74) is 6.18. The van der Waals surface area contributed by atoms with Gasteiger partial charge in [0.1, 0.15) is 0 Å². The van der Waals surface area contributed by atoms with E-state index >= 15 is 0 Å². The van der Waals surface area contributed by atoms with Crippen LogP contribution in [0.15, 0.2) is 30.6 Å². The Morgan fingerprint density at radius 1 is 1.50 bits per heavy atom. The van der Waals surface area contributed by atoms with Crippen molar-refractivity contribution in [3.63, 3.8) is 0 Å². The van der Waals surface area contributed by atoms with Crippen molar-refractivity contribution in [3.8, 4) is 0 Å². The van der Waals surface area contributed by atoms with E-state index in [2.05, 4.69) is 15.4 Å². The second kappa shape index (κ2) is 4.01. The SMILES string of the molecule is Cn1ccc(NC(=O)c2ncccc2N)n1. The minimum Gasteiger partial charge on any atom is -0.397 e. The molecule has 2 aromatic rings. The zero-order valence-corrected chi connectivity index (χ0v) is 8.71. The molecule has 0 saturated heterocycles. The first-order chi connectivity index (χ1) is 7.66. The number of nitrogens with one attached hydrogen (secondary N) is 1. The highest BCUT2D eigenvalue weighted by molar-refractivity contribution is 6.05. The van der Waals surface area contributed by atoms with Crippen molar-refractivity contribution in [2.75, 3.05) is 11.1 Å². The van der Waals surface area contributed by atoms with E-state index in [1.807, 2.05) is 0 Å². The molecule has 0 aliphatic carbocycles. The summed E-state index contributed by atoms with van der Waals surface area (Å²) < 4.78 is 1.59.